The number of benzene rings is 1. The summed E-state index contributed by atoms with van der Waals surface area (Å²) in [5.41, 5.74) is 1.12. The lowest BCUT2D eigenvalue weighted by Gasteiger charge is -2.03. The fraction of sp³-hybridized carbons (Fsp3) is 0.273. The molecule has 70 valence electrons. The summed E-state index contributed by atoms with van der Waals surface area (Å²) in [6, 6.07) is 5.75. The second-order valence-corrected chi connectivity index (χ2v) is 3.68. The van der Waals surface area contributed by atoms with Crippen LogP contribution < -0.4 is 0 Å². The molecular weight excluding hydrogens is 203 g/mol. The van der Waals surface area contributed by atoms with Gasteiger partial charge in [-0.3, -0.25) is 0 Å². The third-order valence-electron chi connectivity index (χ3n) is 1.89. The SMILES string of the molecule is C=CCCCc1cccc(Cl)c1Cl. The molecule has 1 aromatic rings. The van der Waals surface area contributed by atoms with Crippen molar-refractivity contribution in [3.8, 4) is 0 Å². The number of rotatable bonds is 4. The Kier molecular flexibility index (Phi) is 4.34. The van der Waals surface area contributed by atoms with Crippen molar-refractivity contribution in [1.29, 1.82) is 0 Å². The highest BCUT2D eigenvalue weighted by molar-refractivity contribution is 6.42. The van der Waals surface area contributed by atoms with Gasteiger partial charge in [-0.1, -0.05) is 41.4 Å². The lowest BCUT2D eigenvalue weighted by atomic mass is 10.1. The summed E-state index contributed by atoms with van der Waals surface area (Å²) >= 11 is 11.9. The molecule has 0 nitrogen and oxygen atoms in total. The first-order valence-electron chi connectivity index (χ1n) is 4.29. The molecule has 1 aromatic carbocycles. The van der Waals surface area contributed by atoms with Crippen molar-refractivity contribution in [1.82, 2.24) is 0 Å². The molecule has 0 aromatic heterocycles. The summed E-state index contributed by atoms with van der Waals surface area (Å²) in [6.07, 6.45) is 4.97. The first-order valence-corrected chi connectivity index (χ1v) is 5.05. The molecule has 0 atom stereocenters. The number of hydrogen-bond acceptors (Lipinski definition) is 0. The Morgan fingerprint density at radius 1 is 1.31 bits per heavy atom. The predicted octanol–water partition coefficient (Wildman–Crippen LogP) is 4.50. The zero-order chi connectivity index (χ0) is 9.68. The van der Waals surface area contributed by atoms with E-state index in [2.05, 4.69) is 6.58 Å². The first-order chi connectivity index (χ1) is 6.25. The molecule has 0 fully saturated rings. The normalized spacial score (nSPS) is 10.0. The van der Waals surface area contributed by atoms with Gasteiger partial charge < -0.3 is 0 Å². The average Bonchev–Trinajstić information content (AvgIpc) is 2.13. The summed E-state index contributed by atoms with van der Waals surface area (Å²) in [5.74, 6) is 0. The van der Waals surface area contributed by atoms with Gasteiger partial charge in [-0.25, -0.2) is 0 Å². The maximum Gasteiger partial charge on any atom is 0.0624 e. The Labute approximate surface area is 89.2 Å². The molecule has 13 heavy (non-hydrogen) atoms. The van der Waals surface area contributed by atoms with Crippen LogP contribution in [0.1, 0.15) is 18.4 Å². The van der Waals surface area contributed by atoms with Crippen LogP contribution in [0.2, 0.25) is 10.0 Å². The molecule has 0 saturated heterocycles. The molecule has 2 heteroatoms. The lowest BCUT2D eigenvalue weighted by Crippen LogP contribution is -1.86. The van der Waals surface area contributed by atoms with Crippen LogP contribution in [-0.2, 0) is 6.42 Å². The van der Waals surface area contributed by atoms with Crippen molar-refractivity contribution in [3.05, 3.63) is 46.5 Å². The molecule has 0 spiro atoms. The first kappa shape index (κ1) is 10.6. The maximum atomic E-state index is 6.01. The van der Waals surface area contributed by atoms with Crippen LogP contribution in [0.3, 0.4) is 0 Å². The number of aryl methyl sites for hydroxylation is 1. The second-order valence-electron chi connectivity index (χ2n) is 2.89. The standard InChI is InChI=1S/C11H12Cl2/c1-2-3-4-6-9-7-5-8-10(12)11(9)13/h2,5,7-8H,1,3-4,6H2. The van der Waals surface area contributed by atoms with E-state index in [1.54, 1.807) is 6.07 Å². The minimum Gasteiger partial charge on any atom is -0.103 e. The highest BCUT2D eigenvalue weighted by atomic mass is 35.5. The molecule has 0 radical (unpaired) electrons. The van der Waals surface area contributed by atoms with Crippen molar-refractivity contribution < 1.29 is 0 Å². The third kappa shape index (κ3) is 3.06. The van der Waals surface area contributed by atoms with Crippen LogP contribution in [0.25, 0.3) is 0 Å². The summed E-state index contributed by atoms with van der Waals surface area (Å²) in [7, 11) is 0. The van der Waals surface area contributed by atoms with Crippen molar-refractivity contribution in [3.63, 3.8) is 0 Å². The van der Waals surface area contributed by atoms with Crippen LogP contribution >= 0.6 is 23.2 Å². The maximum absolute atomic E-state index is 6.01. The van der Waals surface area contributed by atoms with Crippen LogP contribution in [-0.4, -0.2) is 0 Å². The number of hydrogen-bond donors (Lipinski definition) is 0. The molecular formula is C11H12Cl2. The molecule has 0 heterocycles. The fourth-order valence-electron chi connectivity index (χ4n) is 1.18. The largest absolute Gasteiger partial charge is 0.103 e. The van der Waals surface area contributed by atoms with Gasteiger partial charge in [-0.2, -0.15) is 0 Å². The molecule has 0 amide bonds. The van der Waals surface area contributed by atoms with Gasteiger partial charge in [0, 0.05) is 0 Å². The van der Waals surface area contributed by atoms with Gasteiger partial charge in [0.1, 0.15) is 0 Å². The van der Waals surface area contributed by atoms with E-state index in [-0.39, 0.29) is 0 Å². The number of unbranched alkanes of at least 4 members (excludes halogenated alkanes) is 1. The van der Waals surface area contributed by atoms with E-state index in [0.29, 0.717) is 10.0 Å². The van der Waals surface area contributed by atoms with E-state index >= 15 is 0 Å². The Bertz CT molecular complexity index is 292. The van der Waals surface area contributed by atoms with Gasteiger partial charge in [0.15, 0.2) is 0 Å². The summed E-state index contributed by atoms with van der Waals surface area (Å²) in [6.45, 7) is 3.67. The fourth-order valence-corrected chi connectivity index (χ4v) is 1.59. The summed E-state index contributed by atoms with van der Waals surface area (Å²) in [5, 5.41) is 1.32. The molecule has 0 aliphatic heterocycles. The van der Waals surface area contributed by atoms with Crippen LogP contribution in [0, 0.1) is 0 Å². The van der Waals surface area contributed by atoms with Gasteiger partial charge in [0.05, 0.1) is 10.0 Å². The van der Waals surface area contributed by atoms with Gasteiger partial charge >= 0.3 is 0 Å². The van der Waals surface area contributed by atoms with Gasteiger partial charge in [0.25, 0.3) is 0 Å². The third-order valence-corrected chi connectivity index (χ3v) is 2.74. The molecule has 0 saturated carbocycles. The van der Waals surface area contributed by atoms with Gasteiger partial charge in [0.2, 0.25) is 0 Å². The Morgan fingerprint density at radius 2 is 2.08 bits per heavy atom. The van der Waals surface area contributed by atoms with Crippen molar-refractivity contribution in [2.45, 2.75) is 19.3 Å². The Morgan fingerprint density at radius 3 is 2.77 bits per heavy atom. The lowest BCUT2D eigenvalue weighted by molar-refractivity contribution is 0.844. The summed E-state index contributed by atoms with van der Waals surface area (Å²) < 4.78 is 0. The minimum absolute atomic E-state index is 0.637. The number of allylic oxidation sites excluding steroid dienone is 1. The highest BCUT2D eigenvalue weighted by Crippen LogP contribution is 2.26. The average molecular weight is 215 g/mol. The van der Waals surface area contributed by atoms with Crippen LogP contribution in [0.5, 0.6) is 0 Å². The smallest absolute Gasteiger partial charge is 0.0624 e. The Hall–Kier alpha value is -0.460. The number of halogens is 2. The highest BCUT2D eigenvalue weighted by Gasteiger charge is 2.02. The minimum atomic E-state index is 0.637. The Balaban J connectivity index is 2.65. The van der Waals surface area contributed by atoms with E-state index in [1.165, 1.54) is 0 Å². The van der Waals surface area contributed by atoms with Crippen molar-refractivity contribution in [2.75, 3.05) is 0 Å². The molecule has 1 rings (SSSR count). The second kappa shape index (κ2) is 5.31. The zero-order valence-corrected chi connectivity index (χ0v) is 8.91. The monoisotopic (exact) mass is 214 g/mol. The molecule has 0 bridgehead atoms. The van der Waals surface area contributed by atoms with Crippen LogP contribution in [0.4, 0.5) is 0 Å². The molecule has 0 unspecified atom stereocenters. The molecule has 0 aliphatic carbocycles. The van der Waals surface area contributed by atoms with E-state index in [9.17, 15) is 0 Å². The van der Waals surface area contributed by atoms with Gasteiger partial charge in [-0.05, 0) is 30.9 Å². The van der Waals surface area contributed by atoms with Gasteiger partial charge in [-0.15, -0.1) is 6.58 Å². The van der Waals surface area contributed by atoms with E-state index in [4.69, 9.17) is 23.2 Å². The van der Waals surface area contributed by atoms with E-state index in [0.717, 1.165) is 24.8 Å². The summed E-state index contributed by atoms with van der Waals surface area (Å²) in [4.78, 5) is 0. The zero-order valence-electron chi connectivity index (χ0n) is 7.39. The van der Waals surface area contributed by atoms with Crippen molar-refractivity contribution >= 4 is 23.2 Å². The molecule has 0 N–H and O–H groups in total. The molecule has 0 aliphatic rings. The van der Waals surface area contributed by atoms with E-state index < -0.39 is 0 Å². The van der Waals surface area contributed by atoms with Crippen LogP contribution in [0.15, 0.2) is 30.9 Å². The quantitative estimate of drug-likeness (QED) is 0.512. The topological polar surface area (TPSA) is 0 Å². The van der Waals surface area contributed by atoms with Crippen molar-refractivity contribution in [2.24, 2.45) is 0 Å². The predicted molar refractivity (Wildman–Crippen MR) is 59.6 cm³/mol. The van der Waals surface area contributed by atoms with E-state index in [1.807, 2.05) is 18.2 Å².